The fourth-order valence-corrected chi connectivity index (χ4v) is 5.75. The van der Waals surface area contributed by atoms with Crippen molar-refractivity contribution in [3.8, 4) is 11.1 Å². The van der Waals surface area contributed by atoms with Crippen molar-refractivity contribution in [1.82, 2.24) is 15.5 Å². The summed E-state index contributed by atoms with van der Waals surface area (Å²) in [7, 11) is 0. The molecule has 3 atom stereocenters. The van der Waals surface area contributed by atoms with Crippen molar-refractivity contribution >= 4 is 23.7 Å². The van der Waals surface area contributed by atoms with Gasteiger partial charge in [-0.1, -0.05) is 68.0 Å². The van der Waals surface area contributed by atoms with Gasteiger partial charge in [0.05, 0.1) is 24.3 Å². The van der Waals surface area contributed by atoms with Crippen molar-refractivity contribution in [3.05, 3.63) is 72.3 Å². The Morgan fingerprint density at radius 2 is 1.67 bits per heavy atom. The Labute approximate surface area is 247 Å². The topological polar surface area (TPSA) is 114 Å². The lowest BCUT2D eigenvalue weighted by molar-refractivity contribution is -0.140. The molecule has 2 N–H and O–H groups in total. The van der Waals surface area contributed by atoms with Crippen LogP contribution in [0.5, 0.6) is 0 Å². The van der Waals surface area contributed by atoms with Gasteiger partial charge in [-0.15, -0.1) is 6.58 Å². The molecule has 1 saturated heterocycles. The molecule has 4 rings (SSSR count). The van der Waals surface area contributed by atoms with E-state index < -0.39 is 47.5 Å². The Hall–Kier alpha value is -3.98. The second kappa shape index (κ2) is 13.3. The van der Waals surface area contributed by atoms with Gasteiger partial charge in [-0.2, -0.15) is 0 Å². The Morgan fingerprint density at radius 1 is 1.05 bits per heavy atom. The average molecular weight is 576 g/mol. The van der Waals surface area contributed by atoms with Gasteiger partial charge in [-0.05, 0) is 49.4 Å². The molecule has 2 aromatic carbocycles. The number of likely N-dealkylation sites (tertiary alicyclic amines) is 1. The van der Waals surface area contributed by atoms with E-state index in [0.29, 0.717) is 6.42 Å². The van der Waals surface area contributed by atoms with Crippen molar-refractivity contribution in [2.45, 2.75) is 76.7 Å². The highest BCUT2D eigenvalue weighted by Crippen LogP contribution is 2.44. The van der Waals surface area contributed by atoms with Crippen molar-refractivity contribution in [2.24, 2.45) is 0 Å². The summed E-state index contributed by atoms with van der Waals surface area (Å²) in [5.41, 5.74) is 3.93. The van der Waals surface area contributed by atoms with Crippen molar-refractivity contribution in [2.75, 3.05) is 19.7 Å². The number of carbonyl (C=O) groups is 4. The van der Waals surface area contributed by atoms with Gasteiger partial charge in [0.2, 0.25) is 11.7 Å². The van der Waals surface area contributed by atoms with E-state index in [-0.39, 0.29) is 38.5 Å². The molecule has 1 aliphatic heterocycles. The first-order valence-corrected chi connectivity index (χ1v) is 14.6. The predicted octanol–water partition coefficient (Wildman–Crippen LogP) is 4.35. The molecule has 2 aliphatic rings. The van der Waals surface area contributed by atoms with Crippen LogP contribution in [0.25, 0.3) is 11.1 Å². The van der Waals surface area contributed by atoms with Gasteiger partial charge in [0.25, 0.3) is 5.91 Å². The van der Waals surface area contributed by atoms with Crippen LogP contribution >= 0.6 is 0 Å². The molecule has 2 unspecified atom stereocenters. The highest BCUT2D eigenvalue weighted by Gasteiger charge is 2.44. The lowest BCUT2D eigenvalue weighted by atomic mass is 9.98. The number of amides is 3. The molecular formula is C33H41N3O6. The van der Waals surface area contributed by atoms with Crippen molar-refractivity contribution in [3.63, 3.8) is 0 Å². The SMILES string of the molecule is C=CCNC(=O)C(=O)C(CCC)NC(=O)[C@@H]1CC(OC(C)(C)C)CN1C(=O)OCC1c2ccccc2-c2ccccc21. The molecule has 3 amide bonds. The van der Waals surface area contributed by atoms with Gasteiger partial charge in [-0.25, -0.2) is 4.79 Å². The molecule has 0 aromatic heterocycles. The van der Waals surface area contributed by atoms with Gasteiger partial charge < -0.3 is 20.1 Å². The predicted molar refractivity (Wildman–Crippen MR) is 160 cm³/mol. The molecule has 0 spiro atoms. The van der Waals surface area contributed by atoms with Crippen LogP contribution in [0.1, 0.15) is 64.0 Å². The summed E-state index contributed by atoms with van der Waals surface area (Å²) in [5.74, 6) is -2.17. The number of rotatable bonds is 11. The summed E-state index contributed by atoms with van der Waals surface area (Å²) in [5, 5.41) is 5.20. The number of hydrogen-bond acceptors (Lipinski definition) is 6. The third-order valence-electron chi connectivity index (χ3n) is 7.50. The number of nitrogens with one attached hydrogen (secondary N) is 2. The summed E-state index contributed by atoms with van der Waals surface area (Å²) in [4.78, 5) is 53.6. The van der Waals surface area contributed by atoms with E-state index in [1.165, 1.54) is 11.0 Å². The Kier molecular flexibility index (Phi) is 9.83. The molecule has 0 saturated carbocycles. The van der Waals surface area contributed by atoms with Gasteiger partial charge in [0.15, 0.2) is 0 Å². The van der Waals surface area contributed by atoms with Gasteiger partial charge in [0, 0.05) is 18.9 Å². The first-order chi connectivity index (χ1) is 20.0. The molecule has 42 heavy (non-hydrogen) atoms. The van der Waals surface area contributed by atoms with Gasteiger partial charge >= 0.3 is 6.09 Å². The fourth-order valence-electron chi connectivity index (χ4n) is 5.75. The van der Waals surface area contributed by atoms with Crippen LogP contribution in [0.2, 0.25) is 0 Å². The molecule has 1 aliphatic carbocycles. The van der Waals surface area contributed by atoms with Crippen LogP contribution in [-0.4, -0.2) is 72.1 Å². The zero-order chi connectivity index (χ0) is 30.4. The van der Waals surface area contributed by atoms with Crippen LogP contribution in [0.15, 0.2) is 61.2 Å². The lowest BCUT2D eigenvalue weighted by Gasteiger charge is -2.26. The molecule has 2 aromatic rings. The largest absolute Gasteiger partial charge is 0.448 e. The number of carbonyl (C=O) groups excluding carboxylic acids is 4. The van der Waals surface area contributed by atoms with E-state index in [4.69, 9.17) is 9.47 Å². The van der Waals surface area contributed by atoms with E-state index in [2.05, 4.69) is 29.3 Å². The molecule has 1 fully saturated rings. The fraction of sp³-hybridized carbons (Fsp3) is 0.455. The van der Waals surface area contributed by atoms with Crippen LogP contribution in [0.4, 0.5) is 4.79 Å². The minimum Gasteiger partial charge on any atom is -0.448 e. The highest BCUT2D eigenvalue weighted by atomic mass is 16.6. The molecule has 0 radical (unpaired) electrons. The quantitative estimate of drug-likeness (QED) is 0.304. The number of Topliss-reactive ketones (excluding diaryl/α,β-unsaturated/α-hetero) is 1. The molecule has 9 heteroatoms. The molecular weight excluding hydrogens is 534 g/mol. The first kappa shape index (κ1) is 31.0. The molecule has 224 valence electrons. The molecule has 0 bridgehead atoms. The van der Waals surface area contributed by atoms with Gasteiger partial charge in [0.1, 0.15) is 12.6 Å². The van der Waals surface area contributed by atoms with Crippen molar-refractivity contribution in [1.29, 1.82) is 0 Å². The zero-order valence-corrected chi connectivity index (χ0v) is 24.9. The third kappa shape index (κ3) is 7.07. The van der Waals surface area contributed by atoms with Gasteiger partial charge in [-0.3, -0.25) is 19.3 Å². The van der Waals surface area contributed by atoms with E-state index >= 15 is 0 Å². The Bertz CT molecular complexity index is 1290. The van der Waals surface area contributed by atoms with E-state index in [0.717, 1.165) is 22.3 Å². The lowest BCUT2D eigenvalue weighted by Crippen LogP contribution is -2.53. The third-order valence-corrected chi connectivity index (χ3v) is 7.50. The Morgan fingerprint density at radius 3 is 2.24 bits per heavy atom. The van der Waals surface area contributed by atoms with Crippen LogP contribution in [0.3, 0.4) is 0 Å². The number of nitrogens with zero attached hydrogens (tertiary/aromatic N) is 1. The number of ether oxygens (including phenoxy) is 2. The number of ketones is 1. The maximum Gasteiger partial charge on any atom is 0.410 e. The monoisotopic (exact) mass is 575 g/mol. The molecule has 9 nitrogen and oxygen atoms in total. The van der Waals surface area contributed by atoms with E-state index in [1.807, 2.05) is 64.1 Å². The van der Waals surface area contributed by atoms with Crippen LogP contribution < -0.4 is 10.6 Å². The first-order valence-electron chi connectivity index (χ1n) is 14.6. The normalized spacial score (nSPS) is 18.5. The molecule has 1 heterocycles. The summed E-state index contributed by atoms with van der Waals surface area (Å²) in [6, 6.07) is 14.2. The minimum absolute atomic E-state index is 0.114. The summed E-state index contributed by atoms with van der Waals surface area (Å²) in [6.07, 6.45) is 1.53. The maximum atomic E-state index is 13.6. The minimum atomic E-state index is -1.01. The summed E-state index contributed by atoms with van der Waals surface area (Å²) >= 11 is 0. The second-order valence-corrected chi connectivity index (χ2v) is 11.8. The smallest absolute Gasteiger partial charge is 0.410 e. The average Bonchev–Trinajstić information content (AvgIpc) is 3.52. The number of fused-ring (bicyclic) bond motifs is 3. The standard InChI is InChI=1S/C33H41N3O6/c1-6-12-27(29(37)31(39)34-17-7-2)35-30(38)28-18-21(42-33(3,4)5)19-36(28)32(40)41-20-26-24-15-10-8-13-22(24)23-14-9-11-16-25(23)26/h7-11,13-16,21,26-28H,2,6,12,17-20H2,1,3-5H3,(H,34,39)(H,35,38)/t21?,27?,28-/m0/s1. The second-order valence-electron chi connectivity index (χ2n) is 11.8. The van der Waals surface area contributed by atoms with Crippen LogP contribution in [-0.2, 0) is 23.9 Å². The summed E-state index contributed by atoms with van der Waals surface area (Å²) < 4.78 is 12.0. The highest BCUT2D eigenvalue weighted by molar-refractivity contribution is 6.38. The van der Waals surface area contributed by atoms with Crippen LogP contribution in [0, 0.1) is 0 Å². The maximum absolute atomic E-state index is 13.6. The zero-order valence-electron chi connectivity index (χ0n) is 24.9. The van der Waals surface area contributed by atoms with E-state index in [9.17, 15) is 19.2 Å². The number of benzene rings is 2. The van der Waals surface area contributed by atoms with Crippen molar-refractivity contribution < 1.29 is 28.7 Å². The summed E-state index contributed by atoms with van der Waals surface area (Å²) in [6.45, 7) is 11.6. The van der Waals surface area contributed by atoms with E-state index in [1.54, 1.807) is 0 Å². The Balaban J connectivity index is 1.50. The number of hydrogen-bond donors (Lipinski definition) is 2.